The first kappa shape index (κ1) is 18.3. The van der Waals surface area contributed by atoms with Crippen molar-refractivity contribution in [1.82, 2.24) is 4.90 Å². The van der Waals surface area contributed by atoms with E-state index in [1.165, 1.54) is 16.7 Å². The van der Waals surface area contributed by atoms with Crippen LogP contribution < -0.4 is 4.74 Å². The first-order valence-corrected chi connectivity index (χ1v) is 9.41. The van der Waals surface area contributed by atoms with E-state index in [1.54, 1.807) is 24.3 Å². The molecule has 0 unspecified atom stereocenters. The van der Waals surface area contributed by atoms with Gasteiger partial charge in [0.1, 0.15) is 16.7 Å². The maximum absolute atomic E-state index is 12.6. The summed E-state index contributed by atoms with van der Waals surface area (Å²) in [5.74, 6) is 0.592. The van der Waals surface area contributed by atoms with Crippen LogP contribution in [0.1, 0.15) is 5.56 Å². The van der Waals surface area contributed by atoms with Gasteiger partial charge in [0.05, 0.1) is 11.4 Å². The highest BCUT2D eigenvalue weighted by molar-refractivity contribution is 8.26. The predicted molar refractivity (Wildman–Crippen MR) is 108 cm³/mol. The van der Waals surface area contributed by atoms with Crippen LogP contribution in [0.2, 0.25) is 10.0 Å². The molecule has 0 aromatic heterocycles. The zero-order valence-corrected chi connectivity index (χ0v) is 16.1. The topological polar surface area (TPSA) is 29.5 Å². The van der Waals surface area contributed by atoms with Crippen molar-refractivity contribution in [2.75, 3.05) is 13.2 Å². The number of carbonyl (C=O) groups excluding carboxylic acids is 1. The van der Waals surface area contributed by atoms with Crippen molar-refractivity contribution in [3.63, 3.8) is 0 Å². The molecule has 1 aliphatic heterocycles. The molecule has 0 N–H and O–H groups in total. The first-order valence-electron chi connectivity index (χ1n) is 7.43. The molecule has 0 bridgehead atoms. The first-order chi connectivity index (χ1) is 12.1. The number of nitrogens with zero attached hydrogens (tertiary/aromatic N) is 1. The summed E-state index contributed by atoms with van der Waals surface area (Å²) in [6.07, 6.45) is 1.68. The Labute approximate surface area is 165 Å². The molecule has 3 nitrogen and oxygen atoms in total. The van der Waals surface area contributed by atoms with Crippen LogP contribution in [-0.2, 0) is 4.79 Å². The van der Waals surface area contributed by atoms with Crippen molar-refractivity contribution >= 4 is 63.5 Å². The molecule has 25 heavy (non-hydrogen) atoms. The highest BCUT2D eigenvalue weighted by Gasteiger charge is 2.32. The largest absolute Gasteiger partial charge is 0.492 e. The highest BCUT2D eigenvalue weighted by atomic mass is 35.5. The number of halogens is 2. The predicted octanol–water partition coefficient (Wildman–Crippen LogP) is 5.27. The van der Waals surface area contributed by atoms with Crippen LogP contribution in [0.4, 0.5) is 0 Å². The van der Waals surface area contributed by atoms with E-state index in [4.69, 9.17) is 40.2 Å². The van der Waals surface area contributed by atoms with Gasteiger partial charge in [-0.2, -0.15) is 0 Å². The maximum Gasteiger partial charge on any atom is 0.266 e. The summed E-state index contributed by atoms with van der Waals surface area (Å²) in [6, 6.07) is 14.7. The Kier molecular flexibility index (Phi) is 6.02. The molecule has 128 valence electrons. The van der Waals surface area contributed by atoms with Crippen LogP contribution in [0.3, 0.4) is 0 Å². The Hall–Kier alpha value is -1.53. The van der Waals surface area contributed by atoms with E-state index in [9.17, 15) is 4.79 Å². The summed E-state index contributed by atoms with van der Waals surface area (Å²) in [4.78, 5) is 14.6. The molecule has 1 saturated heterocycles. The van der Waals surface area contributed by atoms with Gasteiger partial charge in [-0.3, -0.25) is 9.69 Å². The maximum atomic E-state index is 12.6. The van der Waals surface area contributed by atoms with E-state index in [0.29, 0.717) is 38.0 Å². The van der Waals surface area contributed by atoms with Crippen molar-refractivity contribution in [3.05, 3.63) is 69.0 Å². The van der Waals surface area contributed by atoms with Gasteiger partial charge in [-0.25, -0.2) is 0 Å². The van der Waals surface area contributed by atoms with E-state index in [1.807, 2.05) is 30.3 Å². The van der Waals surface area contributed by atoms with Gasteiger partial charge in [0, 0.05) is 15.6 Å². The lowest BCUT2D eigenvalue weighted by molar-refractivity contribution is -0.122. The van der Waals surface area contributed by atoms with Gasteiger partial charge in [0.15, 0.2) is 0 Å². The third kappa shape index (κ3) is 4.36. The molecule has 0 radical (unpaired) electrons. The Morgan fingerprint density at radius 3 is 2.44 bits per heavy atom. The van der Waals surface area contributed by atoms with E-state index in [0.717, 1.165) is 5.75 Å². The molecule has 7 heteroatoms. The van der Waals surface area contributed by atoms with Crippen LogP contribution in [0.25, 0.3) is 6.08 Å². The number of benzene rings is 2. The zero-order chi connectivity index (χ0) is 17.8. The number of carbonyl (C=O) groups is 1. The van der Waals surface area contributed by atoms with E-state index in [-0.39, 0.29) is 5.91 Å². The van der Waals surface area contributed by atoms with Gasteiger partial charge in [-0.05, 0) is 30.3 Å². The van der Waals surface area contributed by atoms with Gasteiger partial charge in [0.25, 0.3) is 5.91 Å². The number of thiocarbonyl (C=S) groups is 1. The number of hydrogen-bond donors (Lipinski definition) is 0. The molecule has 2 aromatic carbocycles. The normalized spacial score (nSPS) is 15.9. The number of amides is 1. The summed E-state index contributed by atoms with van der Waals surface area (Å²) in [6.45, 7) is 0.740. The van der Waals surface area contributed by atoms with Crippen LogP contribution in [0, 0.1) is 0 Å². The molecule has 0 saturated carbocycles. The Balaban J connectivity index is 1.69. The van der Waals surface area contributed by atoms with Gasteiger partial charge >= 0.3 is 0 Å². The number of para-hydroxylation sites is 1. The third-order valence-electron chi connectivity index (χ3n) is 3.48. The van der Waals surface area contributed by atoms with Crippen molar-refractivity contribution in [1.29, 1.82) is 0 Å². The monoisotopic (exact) mass is 409 g/mol. The average Bonchev–Trinajstić information content (AvgIpc) is 2.86. The number of rotatable bonds is 5. The minimum atomic E-state index is -0.164. The van der Waals surface area contributed by atoms with E-state index < -0.39 is 0 Å². The summed E-state index contributed by atoms with van der Waals surface area (Å²) in [5.41, 5.74) is 0.617. The fraction of sp³-hybridized carbons (Fsp3) is 0.111. The van der Waals surface area contributed by atoms with Crippen LogP contribution in [-0.4, -0.2) is 28.3 Å². The molecule has 1 amide bonds. The second kappa shape index (κ2) is 8.23. The SMILES string of the molecule is O=C1/C(=C/c2c(Cl)cccc2Cl)SC(=S)N1CCOc1ccccc1. The molecule has 3 rings (SSSR count). The minimum Gasteiger partial charge on any atom is -0.492 e. The molecule has 0 atom stereocenters. The smallest absolute Gasteiger partial charge is 0.266 e. The second-order valence-electron chi connectivity index (χ2n) is 5.13. The Bertz CT molecular complexity index is 820. The van der Waals surface area contributed by atoms with Crippen molar-refractivity contribution in [2.45, 2.75) is 0 Å². The molecule has 2 aromatic rings. The van der Waals surface area contributed by atoms with Gasteiger partial charge in [0.2, 0.25) is 0 Å². The van der Waals surface area contributed by atoms with Gasteiger partial charge in [-0.15, -0.1) is 0 Å². The Morgan fingerprint density at radius 2 is 1.76 bits per heavy atom. The minimum absolute atomic E-state index is 0.164. The van der Waals surface area contributed by atoms with Crippen LogP contribution in [0.5, 0.6) is 5.75 Å². The fourth-order valence-corrected chi connectivity index (χ4v) is 4.04. The highest BCUT2D eigenvalue weighted by Crippen LogP contribution is 2.35. The summed E-state index contributed by atoms with van der Waals surface area (Å²) >= 11 is 18.9. The number of ether oxygens (including phenoxy) is 1. The molecular formula is C18H13Cl2NO2S2. The molecule has 1 heterocycles. The summed E-state index contributed by atoms with van der Waals surface area (Å²) in [7, 11) is 0. The second-order valence-corrected chi connectivity index (χ2v) is 7.62. The quantitative estimate of drug-likeness (QED) is 0.496. The van der Waals surface area contributed by atoms with Crippen LogP contribution in [0.15, 0.2) is 53.4 Å². The zero-order valence-electron chi connectivity index (χ0n) is 12.9. The van der Waals surface area contributed by atoms with Gasteiger partial charge in [-0.1, -0.05) is 71.4 Å². The lowest BCUT2D eigenvalue weighted by atomic mass is 10.2. The molecule has 0 spiro atoms. The average molecular weight is 410 g/mol. The van der Waals surface area contributed by atoms with Crippen molar-refractivity contribution in [3.8, 4) is 5.75 Å². The summed E-state index contributed by atoms with van der Waals surface area (Å²) < 4.78 is 6.13. The van der Waals surface area contributed by atoms with Crippen molar-refractivity contribution < 1.29 is 9.53 Å². The number of hydrogen-bond acceptors (Lipinski definition) is 4. The Morgan fingerprint density at radius 1 is 1.08 bits per heavy atom. The summed E-state index contributed by atoms with van der Waals surface area (Å²) in [5, 5.41) is 0.982. The lowest BCUT2D eigenvalue weighted by Crippen LogP contribution is -2.32. The molecule has 0 aliphatic carbocycles. The van der Waals surface area contributed by atoms with Gasteiger partial charge < -0.3 is 4.74 Å². The fourth-order valence-electron chi connectivity index (χ4n) is 2.24. The molecular weight excluding hydrogens is 397 g/mol. The standard InChI is InChI=1S/C18H13Cl2NO2S2/c19-14-7-4-8-15(20)13(14)11-16-17(22)21(18(24)25-16)9-10-23-12-5-2-1-3-6-12/h1-8,11H,9-10H2/b16-11-. The third-order valence-corrected chi connectivity index (χ3v) is 5.51. The molecule has 1 aliphatic rings. The number of thioether (sulfide) groups is 1. The van der Waals surface area contributed by atoms with Crippen LogP contribution >= 0.6 is 47.2 Å². The van der Waals surface area contributed by atoms with E-state index in [2.05, 4.69) is 0 Å². The van der Waals surface area contributed by atoms with Crippen molar-refractivity contribution in [2.24, 2.45) is 0 Å². The van der Waals surface area contributed by atoms with E-state index >= 15 is 0 Å². The lowest BCUT2D eigenvalue weighted by Gasteiger charge is -2.14. The molecule has 1 fully saturated rings.